The topological polar surface area (TPSA) is 114 Å². The fraction of sp³-hybridized carbons (Fsp3) is 1.00. The maximum atomic E-state index is 13.0. The van der Waals surface area contributed by atoms with Crippen molar-refractivity contribution in [1.82, 2.24) is 0 Å². The third-order valence-electron chi connectivity index (χ3n) is 5.62. The van der Waals surface area contributed by atoms with E-state index in [0.29, 0.717) is 0 Å². The zero-order valence-corrected chi connectivity index (χ0v) is 31.6. The van der Waals surface area contributed by atoms with Crippen molar-refractivity contribution in [3.05, 3.63) is 0 Å². The van der Waals surface area contributed by atoms with Gasteiger partial charge in [-0.1, -0.05) is 0 Å². The largest absolute Gasteiger partial charge is 1.00 e. The van der Waals surface area contributed by atoms with E-state index in [0.717, 1.165) is 0 Å². The van der Waals surface area contributed by atoms with Gasteiger partial charge in [-0.3, -0.25) is 0 Å². The van der Waals surface area contributed by atoms with Crippen molar-refractivity contribution in [2.45, 2.75) is 88.0 Å². The van der Waals surface area contributed by atoms with Crippen LogP contribution in [0.15, 0.2) is 0 Å². The van der Waals surface area contributed by atoms with Crippen LogP contribution in [0.1, 0.15) is 0 Å². The van der Waals surface area contributed by atoms with Crippen LogP contribution in [-0.4, -0.2) is 114 Å². The van der Waals surface area contributed by atoms with Crippen LogP contribution < -0.4 is 80.9 Å². The molecule has 0 aliphatic rings. The van der Waals surface area contributed by atoms with Crippen LogP contribution >= 0.6 is 0 Å². The molecule has 0 saturated heterocycles. The molecule has 6 nitrogen and oxygen atoms in total. The fourth-order valence-electron chi connectivity index (χ4n) is 2.42. The maximum Gasteiger partial charge on any atom is 1.00 e. The monoisotopic (exact) mass is 1010 g/mol. The molecular formula is C15F32KNaO6S2. The molecule has 0 rings (SSSR count). The molecule has 0 aliphatic heterocycles. The van der Waals surface area contributed by atoms with E-state index < -0.39 is 108 Å². The average Bonchev–Trinajstić information content (AvgIpc) is 2.89. The van der Waals surface area contributed by atoms with E-state index in [9.17, 15) is 166 Å². The summed E-state index contributed by atoms with van der Waals surface area (Å²) in [5.74, 6) is -94.4. The standard InChI is InChI=1S/C8HF17O3S.C7HF15O3S.K.Na/c9-1(10,3(13,14)5(17,18)7(21,22)23)2(11,12)4(15,16)6(19,20)8(24,25)29(26,27)28;8-1(9,2(10,11)4(14,15)6(18,19)20)3(12,13)5(16,17)7(21,22)26(23,24)25;;/h(H,26,27,28);(H,23,24,25);;/q;;2*+1/p-2. The molecule has 334 valence electrons. The Kier molecular flexibility index (Phi) is 18.4. The van der Waals surface area contributed by atoms with E-state index in [4.69, 9.17) is 0 Å². The van der Waals surface area contributed by atoms with Gasteiger partial charge in [0.15, 0.2) is 20.2 Å². The molecule has 0 fully saturated rings. The van der Waals surface area contributed by atoms with Crippen molar-refractivity contribution in [2.75, 3.05) is 0 Å². The first-order valence-corrected chi connectivity index (χ1v) is 13.5. The molecule has 0 heterocycles. The molecule has 57 heavy (non-hydrogen) atoms. The molecule has 0 unspecified atom stereocenters. The van der Waals surface area contributed by atoms with Gasteiger partial charge in [0, 0.05) is 0 Å². The minimum absolute atomic E-state index is 0. The van der Waals surface area contributed by atoms with E-state index in [1.165, 1.54) is 0 Å². The Balaban J connectivity index is -0.000000479. The third-order valence-corrected chi connectivity index (χ3v) is 7.39. The summed E-state index contributed by atoms with van der Waals surface area (Å²) in [6.07, 6.45) is -15.7. The van der Waals surface area contributed by atoms with Crippen molar-refractivity contribution in [3.63, 3.8) is 0 Å². The second kappa shape index (κ2) is 16.4. The first-order valence-electron chi connectivity index (χ1n) is 10.7. The van der Waals surface area contributed by atoms with E-state index in [1.807, 2.05) is 0 Å². The first kappa shape index (κ1) is 63.8. The van der Waals surface area contributed by atoms with E-state index in [1.54, 1.807) is 0 Å². The van der Waals surface area contributed by atoms with Gasteiger partial charge in [-0.05, 0) is 0 Å². The van der Waals surface area contributed by atoms with Crippen molar-refractivity contribution in [1.29, 1.82) is 0 Å². The van der Waals surface area contributed by atoms with E-state index >= 15 is 0 Å². The van der Waals surface area contributed by atoms with Crippen LogP contribution in [0.2, 0.25) is 0 Å². The SMILES string of the molecule is O=S(=O)([O-])C(F)(F)C(F)(F)C(F)(F)C(F)(F)C(F)(F)C(F)(F)C(F)(F)C(F)(F)F.O=S(=O)([O-])C(F)(F)C(F)(F)C(F)(F)C(F)(F)C(F)(F)C(F)(F)C(F)(F)F.[K+].[Na+]. The number of halogens is 32. The molecule has 0 radical (unpaired) electrons. The number of hydrogen-bond donors (Lipinski definition) is 0. The van der Waals surface area contributed by atoms with Crippen molar-refractivity contribution >= 4 is 20.2 Å². The molecule has 0 saturated carbocycles. The fourth-order valence-corrected chi connectivity index (χ4v) is 3.30. The second-order valence-electron chi connectivity index (χ2n) is 9.26. The Labute approximate surface area is 353 Å². The average molecular weight is 1010 g/mol. The van der Waals surface area contributed by atoms with Gasteiger partial charge >= 0.3 is 169 Å². The Bertz CT molecular complexity index is 1630. The molecule has 0 amide bonds. The van der Waals surface area contributed by atoms with E-state index in [-0.39, 0.29) is 80.9 Å². The zero-order chi connectivity index (χ0) is 46.5. The van der Waals surface area contributed by atoms with Crippen LogP contribution in [-0.2, 0) is 20.2 Å². The molecule has 0 aromatic heterocycles. The molecule has 0 N–H and O–H groups in total. The van der Waals surface area contributed by atoms with Gasteiger partial charge in [-0.25, -0.2) is 16.8 Å². The van der Waals surface area contributed by atoms with Crippen molar-refractivity contribution in [2.24, 2.45) is 0 Å². The predicted octanol–water partition coefficient (Wildman–Crippen LogP) is 2.37. The molecule has 0 aliphatic carbocycles. The van der Waals surface area contributed by atoms with E-state index in [2.05, 4.69) is 0 Å². The summed E-state index contributed by atoms with van der Waals surface area (Å²) in [4.78, 5) is 0. The quantitative estimate of drug-likeness (QED) is 0.159. The Morgan fingerprint density at radius 2 is 0.351 bits per heavy atom. The summed E-state index contributed by atoms with van der Waals surface area (Å²) in [5, 5.41) is -15.8. The van der Waals surface area contributed by atoms with Gasteiger partial charge in [-0.2, -0.15) is 140 Å². The second-order valence-corrected chi connectivity index (χ2v) is 12.1. The van der Waals surface area contributed by atoms with Crippen molar-refractivity contribution < 1.29 is 247 Å². The van der Waals surface area contributed by atoms with Crippen molar-refractivity contribution in [3.8, 4) is 0 Å². The molecular weight excluding hydrogens is 1010 g/mol. The number of hydrogen-bond acceptors (Lipinski definition) is 6. The normalized spacial score (nSPS) is 16.2. The Hall–Kier alpha value is 0.216. The molecule has 0 atom stereocenters. The molecule has 42 heteroatoms. The third kappa shape index (κ3) is 9.04. The molecule has 0 bridgehead atoms. The van der Waals surface area contributed by atoms with Gasteiger partial charge in [0.05, 0.1) is 0 Å². The predicted molar refractivity (Wildman–Crippen MR) is 95.8 cm³/mol. The summed E-state index contributed by atoms with van der Waals surface area (Å²) < 4.78 is 461. The zero-order valence-electron chi connectivity index (χ0n) is 24.9. The smallest absolute Gasteiger partial charge is 0.743 e. The molecule has 0 spiro atoms. The van der Waals surface area contributed by atoms with Crippen LogP contribution in [0.5, 0.6) is 0 Å². The molecule has 0 aromatic rings. The summed E-state index contributed by atoms with van der Waals surface area (Å²) >= 11 is 0. The van der Waals surface area contributed by atoms with Crippen LogP contribution in [0.25, 0.3) is 0 Å². The maximum absolute atomic E-state index is 13.0. The van der Waals surface area contributed by atoms with Gasteiger partial charge in [0.1, 0.15) is 0 Å². The summed E-state index contributed by atoms with van der Waals surface area (Å²) in [7, 11) is -16.2. The summed E-state index contributed by atoms with van der Waals surface area (Å²) in [5.41, 5.74) is 0. The van der Waals surface area contributed by atoms with Crippen LogP contribution in [0.4, 0.5) is 140 Å². The van der Waals surface area contributed by atoms with Crippen LogP contribution in [0.3, 0.4) is 0 Å². The Morgan fingerprint density at radius 3 is 0.456 bits per heavy atom. The summed E-state index contributed by atoms with van der Waals surface area (Å²) in [6, 6.07) is 0. The van der Waals surface area contributed by atoms with Gasteiger partial charge in [0.2, 0.25) is 0 Å². The minimum Gasteiger partial charge on any atom is -0.743 e. The summed E-state index contributed by atoms with van der Waals surface area (Å²) in [6.45, 7) is 0. The van der Waals surface area contributed by atoms with Gasteiger partial charge in [0.25, 0.3) is 0 Å². The first-order chi connectivity index (χ1) is 22.8. The minimum atomic E-state index is -8.92. The Morgan fingerprint density at radius 1 is 0.246 bits per heavy atom. The van der Waals surface area contributed by atoms with Crippen LogP contribution in [0, 0.1) is 0 Å². The number of alkyl halides is 32. The number of rotatable bonds is 13. The van der Waals surface area contributed by atoms with Gasteiger partial charge in [-0.15, -0.1) is 0 Å². The molecule has 0 aromatic carbocycles. The van der Waals surface area contributed by atoms with Gasteiger partial charge < -0.3 is 9.11 Å².